The monoisotopic (exact) mass is 280 g/mol. The van der Waals surface area contributed by atoms with Crippen molar-refractivity contribution >= 4 is 21.9 Å². The van der Waals surface area contributed by atoms with E-state index in [2.05, 4.69) is 34.8 Å². The number of halogens is 1. The molecule has 0 bridgehead atoms. The summed E-state index contributed by atoms with van der Waals surface area (Å²) in [6, 6.07) is 8.09. The van der Waals surface area contributed by atoms with Gasteiger partial charge in [-0.05, 0) is 12.0 Å². The normalized spacial score (nSPS) is 11.0. The van der Waals surface area contributed by atoms with Crippen LogP contribution in [-0.4, -0.2) is 4.98 Å². The van der Waals surface area contributed by atoms with Crippen LogP contribution in [0.4, 0.5) is 6.01 Å². The molecule has 0 fully saturated rings. The molecule has 0 saturated carbocycles. The first kappa shape index (κ1) is 11.2. The van der Waals surface area contributed by atoms with E-state index < -0.39 is 0 Å². The molecule has 0 amide bonds. The zero-order valence-electron chi connectivity index (χ0n) is 9.20. The highest BCUT2D eigenvalue weighted by atomic mass is 79.9. The third-order valence-corrected chi connectivity index (χ3v) is 3.03. The van der Waals surface area contributed by atoms with Gasteiger partial charge in [-0.25, -0.2) is 0 Å². The van der Waals surface area contributed by atoms with Gasteiger partial charge in [-0.1, -0.05) is 48.0 Å². The maximum absolute atomic E-state index is 5.61. The summed E-state index contributed by atoms with van der Waals surface area (Å²) in [6.45, 7) is 4.13. The lowest BCUT2D eigenvalue weighted by Gasteiger charge is -2.05. The van der Waals surface area contributed by atoms with Gasteiger partial charge in [0.05, 0.1) is 5.69 Å². The van der Waals surface area contributed by atoms with Gasteiger partial charge in [-0.15, -0.1) is 0 Å². The number of oxazole rings is 1. The lowest BCUT2D eigenvalue weighted by atomic mass is 10.0. The van der Waals surface area contributed by atoms with Crippen LogP contribution in [0, 0.1) is 0 Å². The summed E-state index contributed by atoms with van der Waals surface area (Å²) in [4.78, 5) is 4.22. The molecule has 1 heterocycles. The molecule has 84 valence electrons. The first-order valence-corrected chi connectivity index (χ1v) is 5.90. The Morgan fingerprint density at radius 1 is 1.31 bits per heavy atom. The third kappa shape index (κ3) is 1.97. The summed E-state index contributed by atoms with van der Waals surface area (Å²) in [6.07, 6.45) is 0. The first-order valence-electron chi connectivity index (χ1n) is 5.10. The van der Waals surface area contributed by atoms with Crippen molar-refractivity contribution in [3.63, 3.8) is 0 Å². The molecule has 16 heavy (non-hydrogen) atoms. The predicted octanol–water partition coefficient (Wildman–Crippen LogP) is 3.81. The molecule has 2 N–H and O–H groups in total. The van der Waals surface area contributed by atoms with Gasteiger partial charge in [0.1, 0.15) is 0 Å². The van der Waals surface area contributed by atoms with Crippen molar-refractivity contribution < 1.29 is 4.42 Å². The van der Waals surface area contributed by atoms with E-state index in [0.717, 1.165) is 21.5 Å². The molecule has 0 spiro atoms. The highest BCUT2D eigenvalue weighted by Gasteiger charge is 2.17. The van der Waals surface area contributed by atoms with Crippen LogP contribution >= 0.6 is 15.9 Å². The molecule has 0 saturated heterocycles. The lowest BCUT2D eigenvalue weighted by Crippen LogP contribution is -1.92. The third-order valence-electron chi connectivity index (χ3n) is 2.34. The number of benzene rings is 1. The van der Waals surface area contributed by atoms with Crippen molar-refractivity contribution in [1.82, 2.24) is 4.98 Å². The molecule has 0 unspecified atom stereocenters. The summed E-state index contributed by atoms with van der Waals surface area (Å²) in [5.41, 5.74) is 7.49. The Hall–Kier alpha value is -1.29. The van der Waals surface area contributed by atoms with E-state index in [0.29, 0.717) is 0 Å². The number of aromatic nitrogens is 1. The molecular formula is C12H13BrN2O. The van der Waals surface area contributed by atoms with E-state index >= 15 is 0 Å². The van der Waals surface area contributed by atoms with Crippen molar-refractivity contribution in [2.24, 2.45) is 0 Å². The Balaban J connectivity index is 2.60. The molecule has 2 aromatic rings. The van der Waals surface area contributed by atoms with E-state index in [-0.39, 0.29) is 11.9 Å². The Labute approximate surface area is 103 Å². The summed E-state index contributed by atoms with van der Waals surface area (Å²) < 4.78 is 6.46. The summed E-state index contributed by atoms with van der Waals surface area (Å²) in [7, 11) is 0. The number of nitrogens with two attached hydrogens (primary N) is 1. The number of nitrogen functional groups attached to an aromatic ring is 1. The van der Waals surface area contributed by atoms with Crippen LogP contribution in [0.5, 0.6) is 0 Å². The van der Waals surface area contributed by atoms with Gasteiger partial charge in [0.25, 0.3) is 6.01 Å². The van der Waals surface area contributed by atoms with Crippen molar-refractivity contribution in [1.29, 1.82) is 0 Å². The maximum Gasteiger partial charge on any atom is 0.292 e. The van der Waals surface area contributed by atoms with Gasteiger partial charge in [-0.3, -0.25) is 0 Å². The van der Waals surface area contributed by atoms with E-state index in [1.54, 1.807) is 0 Å². The van der Waals surface area contributed by atoms with Crippen molar-refractivity contribution in [3.8, 4) is 11.3 Å². The smallest absolute Gasteiger partial charge is 0.292 e. The molecule has 4 heteroatoms. The van der Waals surface area contributed by atoms with E-state index in [4.69, 9.17) is 10.2 Å². The lowest BCUT2D eigenvalue weighted by molar-refractivity contribution is 0.591. The number of nitrogens with zero attached hydrogens (tertiary/aromatic N) is 1. The molecule has 0 radical (unpaired) electrons. The standard InChI is InChI=1S/C12H13BrN2O/c1-7(2)10-11(16-12(14)15-10)8-5-3-4-6-9(8)13/h3-7H,1-2H3,(H2,14,15). The second-order valence-electron chi connectivity index (χ2n) is 3.90. The first-order chi connectivity index (χ1) is 7.59. The topological polar surface area (TPSA) is 52.0 Å². The predicted molar refractivity (Wildman–Crippen MR) is 68.1 cm³/mol. The molecular weight excluding hydrogens is 268 g/mol. The molecule has 0 aliphatic heterocycles. The van der Waals surface area contributed by atoms with Crippen LogP contribution < -0.4 is 5.73 Å². The van der Waals surface area contributed by atoms with E-state index in [1.807, 2.05) is 24.3 Å². The van der Waals surface area contributed by atoms with Crippen LogP contribution in [0.2, 0.25) is 0 Å². The van der Waals surface area contributed by atoms with Gasteiger partial charge < -0.3 is 10.2 Å². The zero-order valence-corrected chi connectivity index (χ0v) is 10.8. The molecule has 3 nitrogen and oxygen atoms in total. The molecule has 2 rings (SSSR count). The maximum atomic E-state index is 5.61. The van der Waals surface area contributed by atoms with Gasteiger partial charge in [0, 0.05) is 10.0 Å². The van der Waals surface area contributed by atoms with Crippen molar-refractivity contribution in [2.45, 2.75) is 19.8 Å². The van der Waals surface area contributed by atoms with Crippen LogP contribution in [0.3, 0.4) is 0 Å². The minimum atomic E-state index is 0.217. The number of rotatable bonds is 2. The molecule has 0 aliphatic rings. The average Bonchev–Trinajstić information content (AvgIpc) is 2.61. The fourth-order valence-corrected chi connectivity index (χ4v) is 2.04. The van der Waals surface area contributed by atoms with Crippen molar-refractivity contribution in [3.05, 3.63) is 34.4 Å². The largest absolute Gasteiger partial charge is 0.423 e. The van der Waals surface area contributed by atoms with Crippen LogP contribution in [0.25, 0.3) is 11.3 Å². The summed E-state index contributed by atoms with van der Waals surface area (Å²) in [5.74, 6) is 1.03. The fraction of sp³-hybridized carbons (Fsp3) is 0.250. The van der Waals surface area contributed by atoms with Crippen LogP contribution in [-0.2, 0) is 0 Å². The SMILES string of the molecule is CC(C)c1nc(N)oc1-c1ccccc1Br. The fourth-order valence-electron chi connectivity index (χ4n) is 1.58. The van der Waals surface area contributed by atoms with Crippen LogP contribution in [0.15, 0.2) is 33.2 Å². The Morgan fingerprint density at radius 3 is 2.62 bits per heavy atom. The number of hydrogen-bond donors (Lipinski definition) is 1. The Kier molecular flexibility index (Phi) is 3.01. The quantitative estimate of drug-likeness (QED) is 0.910. The Morgan fingerprint density at radius 2 is 2.00 bits per heavy atom. The van der Waals surface area contributed by atoms with Gasteiger partial charge in [-0.2, -0.15) is 4.98 Å². The van der Waals surface area contributed by atoms with E-state index in [1.165, 1.54) is 0 Å². The Bertz CT molecular complexity index is 505. The van der Waals surface area contributed by atoms with Crippen molar-refractivity contribution in [2.75, 3.05) is 5.73 Å². The minimum Gasteiger partial charge on any atom is -0.423 e. The molecule has 0 aliphatic carbocycles. The molecule has 1 aromatic carbocycles. The number of hydrogen-bond acceptors (Lipinski definition) is 3. The zero-order chi connectivity index (χ0) is 11.7. The highest BCUT2D eigenvalue weighted by Crippen LogP contribution is 2.34. The van der Waals surface area contributed by atoms with Gasteiger partial charge in [0.2, 0.25) is 0 Å². The van der Waals surface area contributed by atoms with E-state index in [9.17, 15) is 0 Å². The van der Waals surface area contributed by atoms with Gasteiger partial charge in [0.15, 0.2) is 5.76 Å². The number of anilines is 1. The van der Waals surface area contributed by atoms with Crippen LogP contribution in [0.1, 0.15) is 25.5 Å². The summed E-state index contributed by atoms with van der Waals surface area (Å²) >= 11 is 3.50. The molecule has 0 atom stereocenters. The summed E-state index contributed by atoms with van der Waals surface area (Å²) in [5, 5.41) is 0. The minimum absolute atomic E-state index is 0.217. The molecule has 1 aromatic heterocycles. The second-order valence-corrected chi connectivity index (χ2v) is 4.76. The van der Waals surface area contributed by atoms with Gasteiger partial charge >= 0.3 is 0 Å². The second kappa shape index (κ2) is 4.29. The highest BCUT2D eigenvalue weighted by molar-refractivity contribution is 9.10. The average molecular weight is 281 g/mol.